The molecule has 3 fully saturated rings. The largest absolute Gasteiger partial charge is 0.297 e. The average Bonchev–Trinajstić information content (AvgIpc) is 3.13. The monoisotopic (exact) mass is 284 g/mol. The van der Waals surface area contributed by atoms with Crippen molar-refractivity contribution >= 4 is 0 Å². The number of benzene rings is 1. The Labute approximate surface area is 129 Å². The third kappa shape index (κ3) is 2.64. The number of hydrogen-bond acceptors (Lipinski definition) is 2. The van der Waals surface area contributed by atoms with Crippen LogP contribution in [0.5, 0.6) is 0 Å². The lowest BCUT2D eigenvalue weighted by Crippen LogP contribution is -2.52. The molecule has 0 amide bonds. The van der Waals surface area contributed by atoms with Crippen molar-refractivity contribution in [3.8, 4) is 0 Å². The van der Waals surface area contributed by atoms with Gasteiger partial charge in [0.15, 0.2) is 0 Å². The summed E-state index contributed by atoms with van der Waals surface area (Å²) in [5.74, 6) is 0.981. The number of rotatable bonds is 4. The molecule has 0 radical (unpaired) electrons. The van der Waals surface area contributed by atoms with E-state index in [4.69, 9.17) is 0 Å². The topological polar surface area (TPSA) is 6.48 Å². The first kappa shape index (κ1) is 13.8. The number of piperazine rings is 1. The van der Waals surface area contributed by atoms with Gasteiger partial charge in [-0.15, -0.1) is 0 Å². The fourth-order valence-electron chi connectivity index (χ4n) is 4.70. The summed E-state index contributed by atoms with van der Waals surface area (Å²) in [4.78, 5) is 5.63. The van der Waals surface area contributed by atoms with Crippen molar-refractivity contribution in [1.82, 2.24) is 9.80 Å². The summed E-state index contributed by atoms with van der Waals surface area (Å²) < 4.78 is 0. The van der Waals surface area contributed by atoms with E-state index in [9.17, 15) is 0 Å². The van der Waals surface area contributed by atoms with Crippen molar-refractivity contribution in [1.29, 1.82) is 0 Å². The molecule has 4 atom stereocenters. The molecular formula is C19H28N2. The molecule has 1 saturated carbocycles. The molecule has 3 aliphatic rings. The highest BCUT2D eigenvalue weighted by Gasteiger charge is 2.47. The standard InChI is InChI=1S/C19H28N2/c1-2-7-16-12-18(16)21-13-17-10-6-11-20(17)14-19(21)15-8-4-3-5-9-15/h3-5,8-9,16-19H,2,6-7,10-14H2,1H3. The molecule has 2 nitrogen and oxygen atoms in total. The highest BCUT2D eigenvalue weighted by Crippen LogP contribution is 2.45. The highest BCUT2D eigenvalue weighted by molar-refractivity contribution is 5.22. The third-order valence-electron chi connectivity index (χ3n) is 5.88. The second kappa shape index (κ2) is 5.73. The molecule has 0 bridgehead atoms. The molecule has 4 rings (SSSR count). The van der Waals surface area contributed by atoms with E-state index in [1.807, 2.05) is 0 Å². The summed E-state index contributed by atoms with van der Waals surface area (Å²) in [5, 5.41) is 0. The zero-order chi connectivity index (χ0) is 14.2. The lowest BCUT2D eigenvalue weighted by Gasteiger charge is -2.44. The molecule has 2 heterocycles. The summed E-state index contributed by atoms with van der Waals surface area (Å²) in [6.45, 7) is 6.22. The Kier molecular flexibility index (Phi) is 3.76. The van der Waals surface area contributed by atoms with Gasteiger partial charge in [-0.1, -0.05) is 43.7 Å². The van der Waals surface area contributed by atoms with Gasteiger partial charge in [0.05, 0.1) is 0 Å². The maximum absolute atomic E-state index is 2.88. The molecule has 4 unspecified atom stereocenters. The molecule has 0 spiro atoms. The Morgan fingerprint density at radius 3 is 2.81 bits per heavy atom. The van der Waals surface area contributed by atoms with E-state index in [0.717, 1.165) is 18.0 Å². The van der Waals surface area contributed by atoms with E-state index < -0.39 is 0 Å². The van der Waals surface area contributed by atoms with Crippen LogP contribution >= 0.6 is 0 Å². The van der Waals surface area contributed by atoms with Crippen LogP contribution < -0.4 is 0 Å². The number of hydrogen-bond donors (Lipinski definition) is 0. The fourth-order valence-corrected chi connectivity index (χ4v) is 4.70. The second-order valence-corrected chi connectivity index (χ2v) is 7.27. The summed E-state index contributed by atoms with van der Waals surface area (Å²) >= 11 is 0. The molecule has 1 aliphatic carbocycles. The summed E-state index contributed by atoms with van der Waals surface area (Å²) in [6, 6.07) is 13.6. The summed E-state index contributed by atoms with van der Waals surface area (Å²) in [7, 11) is 0. The van der Waals surface area contributed by atoms with Gasteiger partial charge in [-0.2, -0.15) is 0 Å². The zero-order valence-electron chi connectivity index (χ0n) is 13.2. The van der Waals surface area contributed by atoms with Gasteiger partial charge < -0.3 is 0 Å². The van der Waals surface area contributed by atoms with Gasteiger partial charge in [-0.3, -0.25) is 9.80 Å². The van der Waals surface area contributed by atoms with E-state index in [0.29, 0.717) is 6.04 Å². The van der Waals surface area contributed by atoms with Crippen molar-refractivity contribution in [3.63, 3.8) is 0 Å². The van der Waals surface area contributed by atoms with Gasteiger partial charge in [0.1, 0.15) is 0 Å². The predicted molar refractivity (Wildman–Crippen MR) is 87.3 cm³/mol. The van der Waals surface area contributed by atoms with Crippen LogP contribution in [-0.4, -0.2) is 41.5 Å². The summed E-state index contributed by atoms with van der Waals surface area (Å²) in [5.41, 5.74) is 1.53. The molecule has 21 heavy (non-hydrogen) atoms. The highest BCUT2D eigenvalue weighted by atomic mass is 15.3. The second-order valence-electron chi connectivity index (χ2n) is 7.27. The zero-order valence-corrected chi connectivity index (χ0v) is 13.2. The maximum Gasteiger partial charge on any atom is 0.0479 e. The summed E-state index contributed by atoms with van der Waals surface area (Å²) in [6.07, 6.45) is 7.05. The molecule has 2 heteroatoms. The Bertz CT molecular complexity index is 472. The van der Waals surface area contributed by atoms with Crippen molar-refractivity contribution < 1.29 is 0 Å². The fraction of sp³-hybridized carbons (Fsp3) is 0.684. The Morgan fingerprint density at radius 2 is 2.00 bits per heavy atom. The molecule has 0 N–H and O–H groups in total. The van der Waals surface area contributed by atoms with Crippen LogP contribution in [0.15, 0.2) is 30.3 Å². The minimum atomic E-state index is 0.632. The maximum atomic E-state index is 2.88. The van der Waals surface area contributed by atoms with Crippen molar-refractivity contribution in [3.05, 3.63) is 35.9 Å². The lowest BCUT2D eigenvalue weighted by molar-refractivity contribution is 0.0405. The Morgan fingerprint density at radius 1 is 1.14 bits per heavy atom. The smallest absolute Gasteiger partial charge is 0.0479 e. The van der Waals surface area contributed by atoms with Crippen LogP contribution in [0, 0.1) is 5.92 Å². The van der Waals surface area contributed by atoms with Crippen LogP contribution in [0.2, 0.25) is 0 Å². The van der Waals surface area contributed by atoms with Crippen LogP contribution in [0.1, 0.15) is 50.6 Å². The molecule has 1 aromatic carbocycles. The van der Waals surface area contributed by atoms with Crippen molar-refractivity contribution in [2.24, 2.45) is 5.92 Å². The normalized spacial score (nSPS) is 36.6. The Balaban J connectivity index is 1.55. The lowest BCUT2D eigenvalue weighted by atomic mass is 9.99. The first-order valence-electron chi connectivity index (χ1n) is 8.91. The number of fused-ring (bicyclic) bond motifs is 1. The molecule has 2 saturated heterocycles. The molecular weight excluding hydrogens is 256 g/mol. The van der Waals surface area contributed by atoms with Crippen LogP contribution in [0.25, 0.3) is 0 Å². The van der Waals surface area contributed by atoms with E-state index in [1.165, 1.54) is 57.3 Å². The van der Waals surface area contributed by atoms with Crippen molar-refractivity contribution in [2.45, 2.75) is 57.2 Å². The first-order valence-corrected chi connectivity index (χ1v) is 8.91. The van der Waals surface area contributed by atoms with E-state index >= 15 is 0 Å². The van der Waals surface area contributed by atoms with Gasteiger partial charge in [0.25, 0.3) is 0 Å². The molecule has 114 valence electrons. The van der Waals surface area contributed by atoms with Gasteiger partial charge >= 0.3 is 0 Å². The van der Waals surface area contributed by atoms with Crippen molar-refractivity contribution in [2.75, 3.05) is 19.6 Å². The van der Waals surface area contributed by atoms with Gasteiger partial charge in [-0.25, -0.2) is 0 Å². The van der Waals surface area contributed by atoms with Gasteiger partial charge in [0, 0.05) is 31.2 Å². The molecule has 0 aromatic heterocycles. The van der Waals surface area contributed by atoms with E-state index in [-0.39, 0.29) is 0 Å². The van der Waals surface area contributed by atoms with Crippen LogP contribution in [-0.2, 0) is 0 Å². The molecule has 2 aliphatic heterocycles. The van der Waals surface area contributed by atoms with Gasteiger partial charge in [-0.05, 0) is 43.7 Å². The number of nitrogens with zero attached hydrogens (tertiary/aromatic N) is 2. The third-order valence-corrected chi connectivity index (χ3v) is 5.88. The van der Waals surface area contributed by atoms with Crippen LogP contribution in [0.3, 0.4) is 0 Å². The predicted octanol–water partition coefficient (Wildman–Crippen LogP) is 3.70. The minimum Gasteiger partial charge on any atom is -0.297 e. The average molecular weight is 284 g/mol. The minimum absolute atomic E-state index is 0.632. The SMILES string of the molecule is CCCC1CC1N1CC2CCCN2CC1c1ccccc1. The van der Waals surface area contributed by atoms with Gasteiger partial charge in [0.2, 0.25) is 0 Å². The first-order chi connectivity index (χ1) is 10.4. The molecule has 1 aromatic rings. The van der Waals surface area contributed by atoms with E-state index in [1.54, 1.807) is 0 Å². The quantitative estimate of drug-likeness (QED) is 0.832. The van der Waals surface area contributed by atoms with E-state index in [2.05, 4.69) is 47.1 Å². The van der Waals surface area contributed by atoms with Crippen LogP contribution in [0.4, 0.5) is 0 Å². The Hall–Kier alpha value is -0.860.